The Hall–Kier alpha value is -0.840. The van der Waals surface area contributed by atoms with Gasteiger partial charge in [-0.3, -0.25) is 0 Å². The Balaban J connectivity index is 4.24. The van der Waals surface area contributed by atoms with E-state index in [1.54, 1.807) is 4.90 Å². The second-order valence-electron chi connectivity index (χ2n) is 5.03. The summed E-state index contributed by atoms with van der Waals surface area (Å²) < 4.78 is 5.20. The van der Waals surface area contributed by atoms with Gasteiger partial charge in [-0.15, -0.1) is 0 Å². The molecule has 17 heavy (non-hydrogen) atoms. The molecule has 0 saturated carbocycles. The molecule has 1 amide bonds. The number of thiocarbonyl (C=S) groups is 1. The first-order chi connectivity index (χ1) is 7.82. The van der Waals surface area contributed by atoms with Crippen molar-refractivity contribution in [2.45, 2.75) is 34.1 Å². The van der Waals surface area contributed by atoms with Crippen LogP contribution in [0.4, 0.5) is 4.79 Å². The first kappa shape index (κ1) is 16.2. The molecule has 0 aliphatic carbocycles. The molecule has 0 atom stereocenters. The van der Waals surface area contributed by atoms with Gasteiger partial charge in [0.05, 0.1) is 11.6 Å². The maximum absolute atomic E-state index is 11.8. The van der Waals surface area contributed by atoms with Crippen LogP contribution in [0.2, 0.25) is 0 Å². The highest BCUT2D eigenvalue weighted by atomic mass is 32.1. The van der Waals surface area contributed by atoms with E-state index in [-0.39, 0.29) is 6.09 Å². The van der Waals surface area contributed by atoms with Gasteiger partial charge < -0.3 is 15.4 Å². The van der Waals surface area contributed by atoms with Gasteiger partial charge in [0.15, 0.2) is 0 Å². The normalized spacial score (nSPS) is 10.7. The molecule has 0 aliphatic heterocycles. The predicted molar refractivity (Wildman–Crippen MR) is 74.0 cm³/mol. The number of amides is 1. The van der Waals surface area contributed by atoms with Gasteiger partial charge in [0, 0.05) is 19.5 Å². The lowest BCUT2D eigenvalue weighted by Gasteiger charge is -2.24. The lowest BCUT2D eigenvalue weighted by molar-refractivity contribution is 0.0890. The molecule has 4 nitrogen and oxygen atoms in total. The summed E-state index contributed by atoms with van der Waals surface area (Å²) >= 11 is 4.82. The maximum atomic E-state index is 11.8. The Morgan fingerprint density at radius 1 is 1.29 bits per heavy atom. The Morgan fingerprint density at radius 2 is 1.88 bits per heavy atom. The molecule has 0 spiro atoms. The number of carbonyl (C=O) groups is 1. The van der Waals surface area contributed by atoms with E-state index >= 15 is 0 Å². The summed E-state index contributed by atoms with van der Waals surface area (Å²) in [5, 5.41) is 0. The molecule has 0 aromatic rings. The minimum atomic E-state index is -0.274. The summed E-state index contributed by atoms with van der Waals surface area (Å²) in [4.78, 5) is 13.9. The van der Waals surface area contributed by atoms with Gasteiger partial charge in [-0.25, -0.2) is 4.79 Å². The molecule has 100 valence electrons. The predicted octanol–water partition coefficient (Wildman–Crippen LogP) is 2.41. The van der Waals surface area contributed by atoms with Crippen LogP contribution in [-0.2, 0) is 4.74 Å². The average molecular weight is 260 g/mol. The topological polar surface area (TPSA) is 55.6 Å². The van der Waals surface area contributed by atoms with Crippen LogP contribution in [0.25, 0.3) is 0 Å². The van der Waals surface area contributed by atoms with Crippen molar-refractivity contribution in [3.05, 3.63) is 0 Å². The van der Waals surface area contributed by atoms with E-state index in [0.717, 1.165) is 0 Å². The molecule has 0 saturated heterocycles. The fraction of sp³-hybridized carbons (Fsp3) is 0.833. The molecular formula is C12H24N2O2S. The van der Waals surface area contributed by atoms with Gasteiger partial charge >= 0.3 is 6.09 Å². The fourth-order valence-electron chi connectivity index (χ4n) is 1.27. The highest BCUT2D eigenvalue weighted by Crippen LogP contribution is 2.04. The summed E-state index contributed by atoms with van der Waals surface area (Å²) in [5.41, 5.74) is 5.45. The standard InChI is InChI=1S/C12H24N2O2S/c1-9(2)7-14(6-5-11(13)17)12(15)16-8-10(3)4/h9-10H,5-8H2,1-4H3,(H2,13,17). The number of nitrogens with two attached hydrogens (primary N) is 1. The lowest BCUT2D eigenvalue weighted by atomic mass is 10.2. The summed E-state index contributed by atoms with van der Waals surface area (Å²) in [6.07, 6.45) is 0.266. The number of hydrogen-bond donors (Lipinski definition) is 1. The van der Waals surface area contributed by atoms with Gasteiger partial charge in [0.1, 0.15) is 0 Å². The van der Waals surface area contributed by atoms with Crippen molar-refractivity contribution < 1.29 is 9.53 Å². The van der Waals surface area contributed by atoms with Gasteiger partial charge in [-0.1, -0.05) is 39.9 Å². The van der Waals surface area contributed by atoms with Crippen molar-refractivity contribution in [2.24, 2.45) is 17.6 Å². The average Bonchev–Trinajstić information content (AvgIpc) is 2.19. The first-order valence-corrected chi connectivity index (χ1v) is 6.43. The van der Waals surface area contributed by atoms with Crippen LogP contribution < -0.4 is 5.73 Å². The monoisotopic (exact) mass is 260 g/mol. The van der Waals surface area contributed by atoms with Crippen molar-refractivity contribution >= 4 is 23.3 Å². The van der Waals surface area contributed by atoms with E-state index in [0.29, 0.717) is 42.9 Å². The van der Waals surface area contributed by atoms with Crippen molar-refractivity contribution in [2.75, 3.05) is 19.7 Å². The van der Waals surface area contributed by atoms with E-state index in [2.05, 4.69) is 13.8 Å². The van der Waals surface area contributed by atoms with Crippen LogP contribution in [0.5, 0.6) is 0 Å². The zero-order chi connectivity index (χ0) is 13.4. The van der Waals surface area contributed by atoms with Crippen LogP contribution in [0.3, 0.4) is 0 Å². The zero-order valence-corrected chi connectivity index (χ0v) is 12.0. The molecule has 0 fully saturated rings. The van der Waals surface area contributed by atoms with Crippen molar-refractivity contribution in [1.29, 1.82) is 0 Å². The van der Waals surface area contributed by atoms with E-state index in [1.807, 2.05) is 13.8 Å². The van der Waals surface area contributed by atoms with E-state index in [4.69, 9.17) is 22.7 Å². The van der Waals surface area contributed by atoms with Crippen LogP contribution in [0.15, 0.2) is 0 Å². The molecule has 2 N–H and O–H groups in total. The molecular weight excluding hydrogens is 236 g/mol. The SMILES string of the molecule is CC(C)COC(=O)N(CCC(N)=S)CC(C)C. The fourth-order valence-corrected chi connectivity index (χ4v) is 1.36. The zero-order valence-electron chi connectivity index (χ0n) is 11.2. The van der Waals surface area contributed by atoms with Crippen LogP contribution in [0.1, 0.15) is 34.1 Å². The quantitative estimate of drug-likeness (QED) is 0.714. The summed E-state index contributed by atoms with van der Waals surface area (Å²) in [5.74, 6) is 0.739. The Kier molecular flexibility index (Phi) is 7.87. The van der Waals surface area contributed by atoms with Crippen molar-refractivity contribution in [3.63, 3.8) is 0 Å². The summed E-state index contributed by atoms with van der Waals surface area (Å²) in [6.45, 7) is 9.78. The Labute approximate surface area is 109 Å². The van der Waals surface area contributed by atoms with Crippen LogP contribution in [-0.4, -0.2) is 35.7 Å². The Morgan fingerprint density at radius 3 is 2.29 bits per heavy atom. The molecule has 0 radical (unpaired) electrons. The van der Waals surface area contributed by atoms with Crippen molar-refractivity contribution in [1.82, 2.24) is 4.90 Å². The first-order valence-electron chi connectivity index (χ1n) is 6.03. The lowest BCUT2D eigenvalue weighted by Crippen LogP contribution is -2.37. The molecule has 0 aromatic carbocycles. The maximum Gasteiger partial charge on any atom is 0.409 e. The number of carbonyl (C=O) groups excluding carboxylic acids is 1. The summed E-state index contributed by atoms with van der Waals surface area (Å²) in [6, 6.07) is 0. The third kappa shape index (κ3) is 8.92. The second kappa shape index (κ2) is 8.28. The molecule has 0 bridgehead atoms. The number of rotatable bonds is 7. The smallest absolute Gasteiger partial charge is 0.409 e. The van der Waals surface area contributed by atoms with Crippen LogP contribution in [0, 0.1) is 11.8 Å². The highest BCUT2D eigenvalue weighted by molar-refractivity contribution is 7.80. The van der Waals surface area contributed by atoms with Crippen molar-refractivity contribution in [3.8, 4) is 0 Å². The summed E-state index contributed by atoms with van der Waals surface area (Å²) in [7, 11) is 0. The number of hydrogen-bond acceptors (Lipinski definition) is 3. The second-order valence-corrected chi connectivity index (χ2v) is 5.55. The van der Waals surface area contributed by atoms with Gasteiger partial charge in [-0.2, -0.15) is 0 Å². The minimum Gasteiger partial charge on any atom is -0.449 e. The third-order valence-electron chi connectivity index (χ3n) is 2.01. The number of nitrogens with zero attached hydrogens (tertiary/aromatic N) is 1. The third-order valence-corrected chi connectivity index (χ3v) is 2.22. The molecule has 0 rings (SSSR count). The van der Waals surface area contributed by atoms with Gasteiger partial charge in [0.25, 0.3) is 0 Å². The van der Waals surface area contributed by atoms with E-state index in [9.17, 15) is 4.79 Å². The van der Waals surface area contributed by atoms with Crippen LogP contribution >= 0.6 is 12.2 Å². The molecule has 5 heteroatoms. The molecule has 0 aliphatic rings. The largest absolute Gasteiger partial charge is 0.449 e. The number of ether oxygens (including phenoxy) is 1. The van der Waals surface area contributed by atoms with Gasteiger partial charge in [0.2, 0.25) is 0 Å². The van der Waals surface area contributed by atoms with E-state index in [1.165, 1.54) is 0 Å². The van der Waals surface area contributed by atoms with Gasteiger partial charge in [-0.05, 0) is 11.8 Å². The molecule has 0 aromatic heterocycles. The minimum absolute atomic E-state index is 0.274. The Bertz CT molecular complexity index is 255. The highest BCUT2D eigenvalue weighted by Gasteiger charge is 2.16. The molecule has 0 unspecified atom stereocenters. The van der Waals surface area contributed by atoms with E-state index < -0.39 is 0 Å². The molecule has 0 heterocycles.